The van der Waals surface area contributed by atoms with E-state index in [1.54, 1.807) is 12.1 Å². The molecule has 1 aliphatic heterocycles. The molecule has 2 N–H and O–H groups in total. The number of benzene rings is 2. The zero-order chi connectivity index (χ0) is 18.9. The van der Waals surface area contributed by atoms with Gasteiger partial charge in [-0.2, -0.15) is 0 Å². The van der Waals surface area contributed by atoms with Gasteiger partial charge in [0.05, 0.1) is 7.11 Å². The van der Waals surface area contributed by atoms with E-state index in [4.69, 9.17) is 4.74 Å². The molecule has 7 heteroatoms. The number of hydrazine groups is 1. The number of fused-ring (bicyclic) bond motifs is 1. The third-order valence-electron chi connectivity index (χ3n) is 4.44. The number of rotatable bonds is 5. The smallest absolute Gasteiger partial charge is 0.238 e. The molecule has 0 amide bonds. The molecule has 6 nitrogen and oxygen atoms in total. The zero-order valence-corrected chi connectivity index (χ0v) is 15.5. The second kappa shape index (κ2) is 6.85. The number of nitrogens with one attached hydrogen (secondary N) is 2. The van der Waals surface area contributed by atoms with Gasteiger partial charge in [-0.3, -0.25) is 10.9 Å². The van der Waals surface area contributed by atoms with Crippen LogP contribution in [-0.2, 0) is 21.1 Å². The number of allylic oxidation sites excluding steroid dienone is 2. The number of methoxy groups -OCH3 is 1. The molecule has 0 aliphatic carbocycles. The molecule has 0 saturated carbocycles. The molecule has 0 radical (unpaired) electrons. The Kier molecular flexibility index (Phi) is 4.37. The van der Waals surface area contributed by atoms with Crippen LogP contribution in [0.5, 0.6) is 0 Å². The summed E-state index contributed by atoms with van der Waals surface area (Å²) in [6, 6.07) is 19.2. The number of hydrogen-bond acceptors (Lipinski definition) is 5. The quantitative estimate of drug-likeness (QED) is 0.711. The molecule has 0 bridgehead atoms. The van der Waals surface area contributed by atoms with Gasteiger partial charge in [-0.05, 0) is 23.8 Å². The average molecular weight is 381 g/mol. The van der Waals surface area contributed by atoms with E-state index >= 15 is 0 Å². The van der Waals surface area contributed by atoms with Crippen LogP contribution in [0.1, 0.15) is 5.56 Å². The van der Waals surface area contributed by atoms with Gasteiger partial charge in [0.25, 0.3) is 0 Å². The molecule has 4 rings (SSSR count). The molecule has 138 valence electrons. The van der Waals surface area contributed by atoms with E-state index in [9.17, 15) is 8.42 Å². The summed E-state index contributed by atoms with van der Waals surface area (Å²) in [7, 11) is -2.25. The fourth-order valence-electron chi connectivity index (χ4n) is 3.08. The van der Waals surface area contributed by atoms with Crippen molar-refractivity contribution in [2.75, 3.05) is 7.11 Å². The lowest BCUT2D eigenvalue weighted by Gasteiger charge is -2.19. The summed E-state index contributed by atoms with van der Waals surface area (Å²) in [5.74, 6) is 0.443. The molecular weight excluding hydrogens is 362 g/mol. The molecule has 3 aromatic rings. The Morgan fingerprint density at radius 2 is 1.70 bits per heavy atom. The number of sulfone groups is 1. The average Bonchev–Trinajstić information content (AvgIpc) is 3.08. The molecule has 2 heterocycles. The first-order valence-corrected chi connectivity index (χ1v) is 9.93. The summed E-state index contributed by atoms with van der Waals surface area (Å²) < 4.78 is 33.5. The van der Waals surface area contributed by atoms with E-state index in [1.807, 2.05) is 59.2 Å². The largest absolute Gasteiger partial charge is 0.481 e. The van der Waals surface area contributed by atoms with Gasteiger partial charge in [0.1, 0.15) is 5.03 Å². The number of para-hydroxylation sites is 1. The maximum Gasteiger partial charge on any atom is 0.238 e. The molecule has 0 atom stereocenters. The molecule has 1 aromatic heterocycles. The monoisotopic (exact) mass is 381 g/mol. The first-order valence-electron chi connectivity index (χ1n) is 8.45. The van der Waals surface area contributed by atoms with E-state index in [2.05, 4.69) is 10.9 Å². The summed E-state index contributed by atoms with van der Waals surface area (Å²) in [5, 5.41) is 1.19. The van der Waals surface area contributed by atoms with Gasteiger partial charge in [0, 0.05) is 23.5 Å². The molecule has 0 saturated heterocycles. The summed E-state index contributed by atoms with van der Waals surface area (Å²) in [6.07, 6.45) is 3.07. The molecule has 2 aromatic carbocycles. The first kappa shape index (κ1) is 17.2. The van der Waals surface area contributed by atoms with Crippen molar-refractivity contribution in [3.63, 3.8) is 0 Å². The van der Waals surface area contributed by atoms with Crippen molar-refractivity contribution in [2.45, 2.75) is 11.6 Å². The van der Waals surface area contributed by atoms with Crippen LogP contribution in [0.25, 0.3) is 10.9 Å². The Morgan fingerprint density at radius 3 is 2.41 bits per heavy atom. The van der Waals surface area contributed by atoms with Crippen LogP contribution in [0.2, 0.25) is 0 Å². The first-order chi connectivity index (χ1) is 13.1. The Labute approximate surface area is 157 Å². The van der Waals surface area contributed by atoms with E-state index in [0.717, 1.165) is 16.5 Å². The van der Waals surface area contributed by atoms with Crippen molar-refractivity contribution in [1.82, 2.24) is 15.4 Å². The SMILES string of the molecule is COC1=CC=C(S(=O)(=O)c2cc3ccccc3n2Cc2ccccc2)NN1. The Balaban J connectivity index is 1.85. The van der Waals surface area contributed by atoms with E-state index in [1.165, 1.54) is 13.2 Å². The van der Waals surface area contributed by atoms with Crippen molar-refractivity contribution < 1.29 is 13.2 Å². The van der Waals surface area contributed by atoms with Crippen LogP contribution in [-0.4, -0.2) is 20.1 Å². The Bertz CT molecular complexity index is 1150. The normalized spacial score (nSPS) is 14.1. The molecule has 1 aliphatic rings. The van der Waals surface area contributed by atoms with Crippen molar-refractivity contribution in [3.05, 3.63) is 89.3 Å². The summed E-state index contributed by atoms with van der Waals surface area (Å²) in [5.41, 5.74) is 7.34. The summed E-state index contributed by atoms with van der Waals surface area (Å²) in [6.45, 7) is 0.461. The van der Waals surface area contributed by atoms with Crippen LogP contribution in [0, 0.1) is 0 Å². The van der Waals surface area contributed by atoms with E-state index in [0.29, 0.717) is 12.4 Å². The van der Waals surface area contributed by atoms with Crippen LogP contribution in [0.3, 0.4) is 0 Å². The molecular formula is C20H19N3O3S. The Hall–Kier alpha value is -3.19. The maximum atomic E-state index is 13.3. The lowest BCUT2D eigenvalue weighted by Crippen LogP contribution is -2.36. The second-order valence-corrected chi connectivity index (χ2v) is 8.00. The fraction of sp³-hybridized carbons (Fsp3) is 0.100. The van der Waals surface area contributed by atoms with Crippen LogP contribution in [0.4, 0.5) is 0 Å². The minimum Gasteiger partial charge on any atom is -0.481 e. The number of aromatic nitrogens is 1. The highest BCUT2D eigenvalue weighted by Crippen LogP contribution is 2.28. The van der Waals surface area contributed by atoms with Crippen LogP contribution in [0.15, 0.2) is 88.8 Å². The topological polar surface area (TPSA) is 72.4 Å². The lowest BCUT2D eigenvalue weighted by molar-refractivity contribution is 0.251. The van der Waals surface area contributed by atoms with Crippen molar-refractivity contribution >= 4 is 20.7 Å². The minimum absolute atomic E-state index is 0.0698. The number of nitrogens with zero attached hydrogens (tertiary/aromatic N) is 1. The van der Waals surface area contributed by atoms with Crippen LogP contribution >= 0.6 is 0 Å². The van der Waals surface area contributed by atoms with Gasteiger partial charge in [-0.1, -0.05) is 48.5 Å². The highest BCUT2D eigenvalue weighted by atomic mass is 32.2. The van der Waals surface area contributed by atoms with E-state index in [-0.39, 0.29) is 10.1 Å². The number of ether oxygens (including phenoxy) is 1. The lowest BCUT2D eigenvalue weighted by atomic mass is 10.2. The van der Waals surface area contributed by atoms with Crippen LogP contribution < -0.4 is 10.9 Å². The van der Waals surface area contributed by atoms with Crippen molar-refractivity contribution in [2.24, 2.45) is 0 Å². The molecule has 27 heavy (non-hydrogen) atoms. The van der Waals surface area contributed by atoms with Crippen molar-refractivity contribution in [1.29, 1.82) is 0 Å². The van der Waals surface area contributed by atoms with Gasteiger partial charge >= 0.3 is 0 Å². The molecule has 0 unspecified atom stereocenters. The van der Waals surface area contributed by atoms with Gasteiger partial charge in [-0.25, -0.2) is 8.42 Å². The van der Waals surface area contributed by atoms with Gasteiger partial charge < -0.3 is 9.30 Å². The molecule has 0 fully saturated rings. The van der Waals surface area contributed by atoms with Gasteiger partial charge in [0.15, 0.2) is 5.03 Å². The highest BCUT2D eigenvalue weighted by molar-refractivity contribution is 7.95. The fourth-order valence-corrected chi connectivity index (χ4v) is 4.48. The number of hydrogen-bond donors (Lipinski definition) is 2. The second-order valence-electron chi connectivity index (χ2n) is 6.13. The minimum atomic E-state index is -3.76. The predicted molar refractivity (Wildman–Crippen MR) is 104 cm³/mol. The predicted octanol–water partition coefficient (Wildman–Crippen LogP) is 2.90. The molecule has 0 spiro atoms. The third kappa shape index (κ3) is 3.17. The maximum absolute atomic E-state index is 13.3. The third-order valence-corrected chi connectivity index (χ3v) is 6.14. The Morgan fingerprint density at radius 1 is 0.963 bits per heavy atom. The van der Waals surface area contributed by atoms with E-state index < -0.39 is 9.84 Å². The van der Waals surface area contributed by atoms with Crippen molar-refractivity contribution in [3.8, 4) is 0 Å². The van der Waals surface area contributed by atoms with Gasteiger partial charge in [-0.15, -0.1) is 0 Å². The highest BCUT2D eigenvalue weighted by Gasteiger charge is 2.27. The standard InChI is InChI=1S/C20H19N3O3S/c1-26-18-11-12-19(22-21-18)27(24,25)20-13-16-9-5-6-10-17(16)23(20)14-15-7-3-2-4-8-15/h2-13,21-22H,14H2,1H3. The summed E-state index contributed by atoms with van der Waals surface area (Å²) >= 11 is 0. The van der Waals surface area contributed by atoms with Gasteiger partial charge in [0.2, 0.25) is 15.7 Å². The summed E-state index contributed by atoms with van der Waals surface area (Å²) in [4.78, 5) is 0. The zero-order valence-electron chi connectivity index (χ0n) is 14.7.